The number of carboxylic acids is 1. The first-order chi connectivity index (χ1) is 18.6. The fraction of sp³-hybridized carbons (Fsp3) is 0.400. The number of carbonyl (C=O) groups is 1. The lowest BCUT2D eigenvalue weighted by Crippen LogP contribution is -2.46. The maximum Gasteiger partial charge on any atom is 0.306 e. The van der Waals surface area contributed by atoms with Gasteiger partial charge >= 0.3 is 5.97 Å². The lowest BCUT2D eigenvalue weighted by atomic mass is 9.86. The molecule has 0 amide bonds. The van der Waals surface area contributed by atoms with Crippen molar-refractivity contribution in [1.29, 1.82) is 0 Å². The number of ether oxygens (including phenoxy) is 1. The number of nitrogens with one attached hydrogen (secondary N) is 1. The van der Waals surface area contributed by atoms with Crippen LogP contribution in [-0.2, 0) is 4.79 Å². The molecule has 4 aromatic rings. The van der Waals surface area contributed by atoms with Crippen LogP contribution < -0.4 is 15.2 Å². The van der Waals surface area contributed by atoms with E-state index in [9.17, 15) is 9.59 Å². The molecule has 2 fully saturated rings. The van der Waals surface area contributed by atoms with Gasteiger partial charge in [-0.3, -0.25) is 14.5 Å². The van der Waals surface area contributed by atoms with Crippen molar-refractivity contribution in [3.05, 3.63) is 70.3 Å². The van der Waals surface area contributed by atoms with Gasteiger partial charge in [-0.1, -0.05) is 12.5 Å². The fourth-order valence-electron chi connectivity index (χ4n) is 4.97. The van der Waals surface area contributed by atoms with Crippen LogP contribution in [0.1, 0.15) is 32.1 Å². The van der Waals surface area contributed by atoms with Gasteiger partial charge < -0.3 is 19.7 Å². The molecular weight excluding hydrogens is 498 g/mol. The average molecular weight is 534 g/mol. The van der Waals surface area contributed by atoms with Gasteiger partial charge in [0.2, 0.25) is 5.56 Å². The minimum absolute atomic E-state index is 0.000000000000000444. The number of H-pyrrole nitrogens is 1. The van der Waals surface area contributed by atoms with Crippen molar-refractivity contribution < 1.29 is 14.6 Å². The van der Waals surface area contributed by atoms with Gasteiger partial charge in [0.1, 0.15) is 5.75 Å². The molecular formula is C30H35N3O4S. The zero-order chi connectivity index (χ0) is 26.3. The third kappa shape index (κ3) is 6.55. The number of fused-ring (bicyclic) bond motifs is 2. The van der Waals surface area contributed by atoms with Crippen molar-refractivity contribution in [2.45, 2.75) is 32.1 Å². The van der Waals surface area contributed by atoms with Crippen molar-refractivity contribution in [2.24, 2.45) is 5.92 Å². The number of aliphatic carboxylic acids is 1. The summed E-state index contributed by atoms with van der Waals surface area (Å²) in [7, 11) is 0. The van der Waals surface area contributed by atoms with Gasteiger partial charge in [0.05, 0.1) is 18.0 Å². The molecule has 0 unspecified atom stereocenters. The van der Waals surface area contributed by atoms with E-state index in [-0.39, 0.29) is 11.5 Å². The zero-order valence-electron chi connectivity index (χ0n) is 21.6. The minimum Gasteiger partial charge on any atom is -0.494 e. The number of benzene rings is 2. The molecule has 200 valence electrons. The number of piperazine rings is 1. The SMILES string of the molecule is O=C(O)C1CCC1.O=c1ccc2ccc(OCCCCN3CCN(c4cccc5sccc45)CC3)cc2[nH]1. The Bertz CT molecular complexity index is 1420. The highest BCUT2D eigenvalue weighted by Crippen LogP contribution is 2.31. The Morgan fingerprint density at radius 3 is 2.58 bits per heavy atom. The third-order valence-electron chi connectivity index (χ3n) is 7.47. The molecule has 2 aliphatic rings. The summed E-state index contributed by atoms with van der Waals surface area (Å²) in [5.41, 5.74) is 2.11. The molecule has 2 N–H and O–H groups in total. The molecule has 0 atom stereocenters. The van der Waals surface area contributed by atoms with Crippen LogP contribution in [0, 0.1) is 5.92 Å². The van der Waals surface area contributed by atoms with Gasteiger partial charge in [-0.05, 0) is 79.4 Å². The monoisotopic (exact) mass is 533 g/mol. The van der Waals surface area contributed by atoms with Crippen molar-refractivity contribution in [2.75, 3.05) is 44.2 Å². The van der Waals surface area contributed by atoms with E-state index in [0.29, 0.717) is 6.61 Å². The minimum atomic E-state index is -0.619. The summed E-state index contributed by atoms with van der Waals surface area (Å²) in [5.74, 6) is 0.192. The molecule has 0 spiro atoms. The van der Waals surface area contributed by atoms with E-state index in [4.69, 9.17) is 9.84 Å². The van der Waals surface area contributed by atoms with Crippen molar-refractivity contribution in [3.63, 3.8) is 0 Å². The Kier molecular flexibility index (Phi) is 8.61. The van der Waals surface area contributed by atoms with Crippen molar-refractivity contribution >= 4 is 44.0 Å². The molecule has 1 saturated carbocycles. The Morgan fingerprint density at radius 1 is 1.03 bits per heavy atom. The highest BCUT2D eigenvalue weighted by atomic mass is 32.1. The molecule has 0 radical (unpaired) electrons. The Balaban J connectivity index is 0.000000366. The molecule has 1 aliphatic carbocycles. The Morgan fingerprint density at radius 2 is 1.84 bits per heavy atom. The van der Waals surface area contributed by atoms with Gasteiger partial charge in [0, 0.05) is 54.1 Å². The van der Waals surface area contributed by atoms with E-state index in [1.807, 2.05) is 35.6 Å². The Labute approximate surface area is 226 Å². The first kappa shape index (κ1) is 26.3. The average Bonchev–Trinajstić information content (AvgIpc) is 3.37. The van der Waals surface area contributed by atoms with Crippen LogP contribution in [0.4, 0.5) is 5.69 Å². The molecule has 8 heteroatoms. The number of unbranched alkanes of at least 4 members (excludes halogenated alkanes) is 1. The number of hydrogen-bond acceptors (Lipinski definition) is 6. The summed E-state index contributed by atoms with van der Waals surface area (Å²) >= 11 is 1.82. The van der Waals surface area contributed by atoms with Crippen LogP contribution in [0.3, 0.4) is 0 Å². The van der Waals surface area contributed by atoms with Crippen LogP contribution >= 0.6 is 11.3 Å². The fourth-order valence-corrected chi connectivity index (χ4v) is 5.77. The molecule has 0 bridgehead atoms. The summed E-state index contributed by atoms with van der Waals surface area (Å²) in [6, 6.07) is 18.1. The van der Waals surface area contributed by atoms with Gasteiger partial charge in [0.25, 0.3) is 0 Å². The highest BCUT2D eigenvalue weighted by Gasteiger charge is 2.24. The number of pyridine rings is 1. The standard InChI is InChI=1S/C25H27N3O2S.C5H8O2/c29-25-9-7-19-6-8-20(18-22(19)26-25)30-16-2-1-11-27-12-14-28(15-13-27)23-4-3-5-24-21(23)10-17-31-24;6-5(7)4-2-1-3-4/h3-10,17-18H,1-2,11-16H2,(H,26,29);4H,1-3H2,(H,6,7). The van der Waals surface area contributed by atoms with E-state index in [1.165, 1.54) is 15.8 Å². The maximum atomic E-state index is 11.5. The largest absolute Gasteiger partial charge is 0.494 e. The number of anilines is 1. The molecule has 38 heavy (non-hydrogen) atoms. The van der Waals surface area contributed by atoms with Crippen LogP contribution in [-0.4, -0.2) is 60.3 Å². The van der Waals surface area contributed by atoms with Crippen LogP contribution in [0.25, 0.3) is 21.0 Å². The molecule has 7 nitrogen and oxygen atoms in total. The zero-order valence-corrected chi connectivity index (χ0v) is 22.4. The van der Waals surface area contributed by atoms with E-state index >= 15 is 0 Å². The number of carboxylic acid groups (broad SMARTS) is 1. The molecule has 1 aliphatic heterocycles. The van der Waals surface area contributed by atoms with E-state index < -0.39 is 5.97 Å². The molecule has 6 rings (SSSR count). The number of rotatable bonds is 8. The second kappa shape index (κ2) is 12.5. The second-order valence-electron chi connectivity index (χ2n) is 10.0. The molecule has 1 saturated heterocycles. The van der Waals surface area contributed by atoms with Gasteiger partial charge in [-0.15, -0.1) is 11.3 Å². The number of hydrogen-bond donors (Lipinski definition) is 2. The lowest BCUT2D eigenvalue weighted by molar-refractivity contribution is -0.144. The topological polar surface area (TPSA) is 85.9 Å². The summed E-state index contributed by atoms with van der Waals surface area (Å²) in [6.45, 7) is 6.20. The first-order valence-electron chi connectivity index (χ1n) is 13.5. The van der Waals surface area contributed by atoms with Gasteiger partial charge in [0.15, 0.2) is 0 Å². The molecule has 2 aromatic carbocycles. The van der Waals surface area contributed by atoms with Gasteiger partial charge in [-0.2, -0.15) is 0 Å². The number of aromatic amines is 1. The van der Waals surface area contributed by atoms with Gasteiger partial charge in [-0.25, -0.2) is 0 Å². The van der Waals surface area contributed by atoms with Crippen LogP contribution in [0.2, 0.25) is 0 Å². The van der Waals surface area contributed by atoms with E-state index in [1.54, 1.807) is 6.07 Å². The van der Waals surface area contributed by atoms with E-state index in [0.717, 1.165) is 81.5 Å². The summed E-state index contributed by atoms with van der Waals surface area (Å²) < 4.78 is 7.28. The lowest BCUT2D eigenvalue weighted by Gasteiger charge is -2.36. The predicted molar refractivity (Wildman–Crippen MR) is 155 cm³/mol. The normalized spacial score (nSPS) is 16.2. The smallest absolute Gasteiger partial charge is 0.306 e. The first-order valence-corrected chi connectivity index (χ1v) is 14.4. The third-order valence-corrected chi connectivity index (χ3v) is 8.36. The summed E-state index contributed by atoms with van der Waals surface area (Å²) in [6.07, 6.45) is 5.06. The van der Waals surface area contributed by atoms with Crippen LogP contribution in [0.5, 0.6) is 5.75 Å². The Hall–Kier alpha value is -3.36. The second-order valence-corrected chi connectivity index (χ2v) is 11.0. The maximum absolute atomic E-state index is 11.5. The predicted octanol–water partition coefficient (Wildman–Crippen LogP) is 5.60. The van der Waals surface area contributed by atoms with Crippen LogP contribution in [0.15, 0.2) is 64.8 Å². The summed E-state index contributed by atoms with van der Waals surface area (Å²) in [5, 5.41) is 12.8. The summed E-state index contributed by atoms with van der Waals surface area (Å²) in [4.78, 5) is 29.4. The number of nitrogens with zero attached hydrogens (tertiary/aromatic N) is 2. The quantitative estimate of drug-likeness (QED) is 0.287. The highest BCUT2D eigenvalue weighted by molar-refractivity contribution is 7.17. The van der Waals surface area contributed by atoms with Crippen molar-refractivity contribution in [1.82, 2.24) is 9.88 Å². The number of thiophene rings is 1. The molecule has 3 heterocycles. The van der Waals surface area contributed by atoms with Crippen molar-refractivity contribution in [3.8, 4) is 5.75 Å². The van der Waals surface area contributed by atoms with E-state index in [2.05, 4.69) is 44.4 Å². The number of aromatic nitrogens is 1. The molecule has 2 aromatic heterocycles.